The van der Waals surface area contributed by atoms with Gasteiger partial charge in [-0.15, -0.1) is 13.2 Å². The fourth-order valence-electron chi connectivity index (χ4n) is 2.21. The fourth-order valence-corrected chi connectivity index (χ4v) is 2.21. The third-order valence-corrected chi connectivity index (χ3v) is 3.24. The monoisotopic (exact) mass is 320 g/mol. The van der Waals surface area contributed by atoms with Crippen LogP contribution in [0.2, 0.25) is 0 Å². The predicted octanol–water partition coefficient (Wildman–Crippen LogP) is 3.34. The van der Waals surface area contributed by atoms with Crippen LogP contribution in [-0.4, -0.2) is 15.9 Å². The highest BCUT2D eigenvalue weighted by Gasteiger charge is 2.30. The summed E-state index contributed by atoms with van der Waals surface area (Å²) in [6.07, 6.45) is -3.30. The van der Waals surface area contributed by atoms with E-state index in [2.05, 4.69) is 9.72 Å². The lowest BCUT2D eigenvalue weighted by Gasteiger charge is -2.10. The van der Waals surface area contributed by atoms with Gasteiger partial charge in [0, 0.05) is 0 Å². The Morgan fingerprint density at radius 3 is 2.43 bits per heavy atom. The van der Waals surface area contributed by atoms with Crippen molar-refractivity contribution >= 4 is 10.9 Å². The molecule has 3 rings (SSSR count). The molecule has 1 heterocycles. The minimum Gasteiger partial charge on any atom is -0.406 e. The topological polar surface area (TPSA) is 44.1 Å². The van der Waals surface area contributed by atoms with Gasteiger partial charge in [0.05, 0.1) is 23.8 Å². The summed E-state index contributed by atoms with van der Waals surface area (Å²) in [7, 11) is 0. The van der Waals surface area contributed by atoms with Gasteiger partial charge in [0.1, 0.15) is 5.75 Å². The van der Waals surface area contributed by atoms with Crippen LogP contribution in [0, 0.1) is 0 Å². The van der Waals surface area contributed by atoms with E-state index in [9.17, 15) is 18.0 Å². The third-order valence-electron chi connectivity index (χ3n) is 3.24. The van der Waals surface area contributed by atoms with Crippen LogP contribution in [0.3, 0.4) is 0 Å². The van der Waals surface area contributed by atoms with Crippen molar-refractivity contribution < 1.29 is 17.9 Å². The highest BCUT2D eigenvalue weighted by atomic mass is 19.4. The summed E-state index contributed by atoms with van der Waals surface area (Å²) < 4.78 is 41.6. The Morgan fingerprint density at radius 1 is 1.04 bits per heavy atom. The molecule has 0 aliphatic heterocycles. The largest absolute Gasteiger partial charge is 0.573 e. The SMILES string of the molecule is O=c1c2ccccc2ncn1Cc1ccc(OC(F)(F)F)cc1. The average molecular weight is 320 g/mol. The molecular formula is C16H11F3N2O2. The van der Waals surface area contributed by atoms with Gasteiger partial charge >= 0.3 is 6.36 Å². The van der Waals surface area contributed by atoms with Crippen LogP contribution >= 0.6 is 0 Å². The molecule has 0 saturated carbocycles. The molecule has 0 amide bonds. The second-order valence-electron chi connectivity index (χ2n) is 4.89. The predicted molar refractivity (Wildman–Crippen MR) is 78.2 cm³/mol. The summed E-state index contributed by atoms with van der Waals surface area (Å²) in [6.45, 7) is 0.211. The first-order chi connectivity index (χ1) is 10.9. The van der Waals surface area contributed by atoms with Crippen molar-refractivity contribution in [1.29, 1.82) is 0 Å². The highest BCUT2D eigenvalue weighted by Crippen LogP contribution is 2.22. The summed E-state index contributed by atoms with van der Waals surface area (Å²) in [5.74, 6) is -0.301. The van der Waals surface area contributed by atoms with E-state index in [1.54, 1.807) is 24.3 Å². The number of alkyl halides is 3. The number of aromatic nitrogens is 2. The zero-order chi connectivity index (χ0) is 16.4. The molecule has 0 bridgehead atoms. The lowest BCUT2D eigenvalue weighted by atomic mass is 10.2. The van der Waals surface area contributed by atoms with Crippen LogP contribution in [-0.2, 0) is 6.54 Å². The van der Waals surface area contributed by atoms with Crippen molar-refractivity contribution in [3.8, 4) is 5.75 Å². The Morgan fingerprint density at radius 2 is 1.74 bits per heavy atom. The van der Waals surface area contributed by atoms with Gasteiger partial charge in [-0.05, 0) is 29.8 Å². The van der Waals surface area contributed by atoms with Crippen molar-refractivity contribution in [3.05, 3.63) is 70.8 Å². The van der Waals surface area contributed by atoms with E-state index in [0.29, 0.717) is 16.5 Å². The Balaban J connectivity index is 1.85. The summed E-state index contributed by atoms with van der Waals surface area (Å²) >= 11 is 0. The van der Waals surface area contributed by atoms with E-state index >= 15 is 0 Å². The Hall–Kier alpha value is -2.83. The minimum atomic E-state index is -4.72. The number of halogens is 3. The summed E-state index contributed by atoms with van der Waals surface area (Å²) in [4.78, 5) is 16.5. The second-order valence-corrected chi connectivity index (χ2v) is 4.89. The molecule has 4 nitrogen and oxygen atoms in total. The van der Waals surface area contributed by atoms with Crippen molar-refractivity contribution in [2.45, 2.75) is 12.9 Å². The first kappa shape index (κ1) is 15.1. The molecular weight excluding hydrogens is 309 g/mol. The van der Waals surface area contributed by atoms with E-state index < -0.39 is 6.36 Å². The molecule has 0 aliphatic rings. The van der Waals surface area contributed by atoms with Crippen molar-refractivity contribution in [1.82, 2.24) is 9.55 Å². The minimum absolute atomic E-state index is 0.203. The lowest BCUT2D eigenvalue weighted by Crippen LogP contribution is -2.21. The van der Waals surface area contributed by atoms with Crippen molar-refractivity contribution in [3.63, 3.8) is 0 Å². The van der Waals surface area contributed by atoms with Gasteiger partial charge in [0.25, 0.3) is 5.56 Å². The Kier molecular flexibility index (Phi) is 3.77. The maximum atomic E-state index is 12.3. The van der Waals surface area contributed by atoms with Crippen LogP contribution in [0.1, 0.15) is 5.56 Å². The molecule has 0 saturated heterocycles. The van der Waals surface area contributed by atoms with E-state index in [1.807, 2.05) is 0 Å². The standard InChI is InChI=1S/C16H11F3N2O2/c17-16(18,19)23-12-7-5-11(6-8-12)9-21-10-20-14-4-2-1-3-13(14)15(21)22/h1-8,10H,9H2. The molecule has 0 fully saturated rings. The number of benzene rings is 2. The molecule has 0 unspecified atom stereocenters. The van der Waals surface area contributed by atoms with E-state index in [4.69, 9.17) is 0 Å². The molecule has 0 atom stereocenters. The molecule has 0 radical (unpaired) electrons. The first-order valence-electron chi connectivity index (χ1n) is 6.71. The molecule has 3 aromatic rings. The number of nitrogens with zero attached hydrogens (tertiary/aromatic N) is 2. The van der Waals surface area contributed by atoms with Crippen LogP contribution in [0.15, 0.2) is 59.7 Å². The molecule has 1 aromatic heterocycles. The first-order valence-corrected chi connectivity index (χ1v) is 6.71. The molecule has 118 valence electrons. The number of para-hydroxylation sites is 1. The van der Waals surface area contributed by atoms with E-state index in [1.165, 1.54) is 35.2 Å². The highest BCUT2D eigenvalue weighted by molar-refractivity contribution is 5.76. The van der Waals surface area contributed by atoms with Crippen LogP contribution < -0.4 is 10.3 Å². The van der Waals surface area contributed by atoms with Crippen LogP contribution in [0.5, 0.6) is 5.75 Å². The summed E-state index contributed by atoms with van der Waals surface area (Å²) in [6, 6.07) is 12.3. The zero-order valence-corrected chi connectivity index (χ0v) is 11.7. The number of ether oxygens (including phenoxy) is 1. The number of fused-ring (bicyclic) bond motifs is 1. The van der Waals surface area contributed by atoms with Gasteiger partial charge in [-0.1, -0.05) is 24.3 Å². The molecule has 7 heteroatoms. The molecule has 0 aliphatic carbocycles. The molecule has 2 aromatic carbocycles. The molecule has 0 spiro atoms. The number of hydrogen-bond acceptors (Lipinski definition) is 3. The Labute approximate surface area is 128 Å². The second kappa shape index (κ2) is 5.75. The fraction of sp³-hybridized carbons (Fsp3) is 0.125. The van der Waals surface area contributed by atoms with Crippen molar-refractivity contribution in [2.75, 3.05) is 0 Å². The van der Waals surface area contributed by atoms with Gasteiger partial charge in [-0.2, -0.15) is 0 Å². The smallest absolute Gasteiger partial charge is 0.406 e. The molecule has 23 heavy (non-hydrogen) atoms. The van der Waals surface area contributed by atoms with Crippen LogP contribution in [0.25, 0.3) is 10.9 Å². The van der Waals surface area contributed by atoms with E-state index in [-0.39, 0.29) is 17.9 Å². The number of hydrogen-bond donors (Lipinski definition) is 0. The average Bonchev–Trinajstić information content (AvgIpc) is 2.51. The van der Waals surface area contributed by atoms with Gasteiger partial charge in [0.2, 0.25) is 0 Å². The third kappa shape index (κ3) is 3.50. The maximum absolute atomic E-state index is 12.3. The quantitative estimate of drug-likeness (QED) is 0.743. The van der Waals surface area contributed by atoms with Gasteiger partial charge in [-0.25, -0.2) is 4.98 Å². The van der Waals surface area contributed by atoms with Crippen LogP contribution in [0.4, 0.5) is 13.2 Å². The Bertz CT molecular complexity index is 886. The normalized spacial score (nSPS) is 11.6. The summed E-state index contributed by atoms with van der Waals surface area (Å²) in [5, 5.41) is 0.493. The molecule has 0 N–H and O–H groups in total. The number of rotatable bonds is 3. The maximum Gasteiger partial charge on any atom is 0.573 e. The lowest BCUT2D eigenvalue weighted by molar-refractivity contribution is -0.274. The van der Waals surface area contributed by atoms with Gasteiger partial charge in [-0.3, -0.25) is 9.36 Å². The van der Waals surface area contributed by atoms with Gasteiger partial charge < -0.3 is 4.74 Å². The van der Waals surface area contributed by atoms with Gasteiger partial charge in [0.15, 0.2) is 0 Å². The van der Waals surface area contributed by atoms with Crippen molar-refractivity contribution in [2.24, 2.45) is 0 Å². The van der Waals surface area contributed by atoms with E-state index in [0.717, 1.165) is 0 Å². The zero-order valence-electron chi connectivity index (χ0n) is 11.7. The summed E-state index contributed by atoms with van der Waals surface area (Å²) in [5.41, 5.74) is 1.06.